The van der Waals surface area contributed by atoms with E-state index in [9.17, 15) is 9.90 Å². The minimum Gasteiger partial charge on any atom is -0.508 e. The topological polar surface area (TPSA) is 61.7 Å². The van der Waals surface area contributed by atoms with Crippen molar-refractivity contribution in [3.63, 3.8) is 0 Å². The second-order valence-corrected chi connectivity index (χ2v) is 4.77. The van der Waals surface area contributed by atoms with E-state index in [2.05, 4.69) is 10.5 Å². The third kappa shape index (κ3) is 3.92. The summed E-state index contributed by atoms with van der Waals surface area (Å²) in [6.45, 7) is 3.93. The van der Waals surface area contributed by atoms with Gasteiger partial charge < -0.3 is 5.11 Å². The maximum atomic E-state index is 12.0. The van der Waals surface area contributed by atoms with Crippen LogP contribution in [0, 0.1) is 6.92 Å². The standard InChI is InChI=1S/C17H18N2O2/c1-3-16(13-8-10-15(20)11-9-13)18-19-17(21)14-6-4-12(2)5-7-14/h4-11,20H,3H2,1-2H3,(H,19,21)/b18-16-. The number of benzene rings is 2. The van der Waals surface area contributed by atoms with Crippen molar-refractivity contribution in [2.45, 2.75) is 20.3 Å². The number of nitrogens with one attached hydrogen (secondary N) is 1. The van der Waals surface area contributed by atoms with Crippen LogP contribution < -0.4 is 5.43 Å². The van der Waals surface area contributed by atoms with Crippen LogP contribution in [0.3, 0.4) is 0 Å². The van der Waals surface area contributed by atoms with Crippen molar-refractivity contribution < 1.29 is 9.90 Å². The molecule has 0 aromatic heterocycles. The van der Waals surface area contributed by atoms with Crippen LogP contribution in [0.25, 0.3) is 0 Å². The predicted octanol–water partition coefficient (Wildman–Crippen LogP) is 3.24. The molecule has 0 unspecified atom stereocenters. The summed E-state index contributed by atoms with van der Waals surface area (Å²) in [6.07, 6.45) is 0.680. The van der Waals surface area contributed by atoms with E-state index in [1.54, 1.807) is 36.4 Å². The highest BCUT2D eigenvalue weighted by Gasteiger charge is 2.06. The van der Waals surface area contributed by atoms with Gasteiger partial charge in [0.15, 0.2) is 0 Å². The fraction of sp³-hybridized carbons (Fsp3) is 0.176. The quantitative estimate of drug-likeness (QED) is 0.668. The van der Waals surface area contributed by atoms with Gasteiger partial charge in [0.05, 0.1) is 5.71 Å². The molecular weight excluding hydrogens is 264 g/mol. The SMILES string of the molecule is CC/C(=N/NC(=O)c1ccc(C)cc1)c1ccc(O)cc1. The minimum absolute atomic E-state index is 0.206. The van der Waals surface area contributed by atoms with E-state index in [4.69, 9.17) is 0 Å². The maximum absolute atomic E-state index is 12.0. The Morgan fingerprint density at radius 1 is 1.05 bits per heavy atom. The molecule has 0 saturated heterocycles. The molecule has 0 atom stereocenters. The van der Waals surface area contributed by atoms with Crippen molar-refractivity contribution in [2.24, 2.45) is 5.10 Å². The van der Waals surface area contributed by atoms with E-state index < -0.39 is 0 Å². The number of carbonyl (C=O) groups excluding carboxylic acids is 1. The first-order valence-corrected chi connectivity index (χ1v) is 6.83. The third-order valence-electron chi connectivity index (χ3n) is 3.14. The second kappa shape index (κ2) is 6.70. The van der Waals surface area contributed by atoms with Crippen LogP contribution in [0.4, 0.5) is 0 Å². The Hall–Kier alpha value is -2.62. The molecule has 0 saturated carbocycles. The smallest absolute Gasteiger partial charge is 0.271 e. The number of hydrogen-bond donors (Lipinski definition) is 2. The van der Waals surface area contributed by atoms with Gasteiger partial charge >= 0.3 is 0 Å². The van der Waals surface area contributed by atoms with E-state index in [-0.39, 0.29) is 11.7 Å². The molecule has 0 aliphatic heterocycles. The van der Waals surface area contributed by atoms with E-state index in [0.717, 1.165) is 16.8 Å². The average molecular weight is 282 g/mol. The molecule has 1 amide bonds. The maximum Gasteiger partial charge on any atom is 0.271 e. The molecule has 2 aromatic carbocycles. The van der Waals surface area contributed by atoms with E-state index in [0.29, 0.717) is 12.0 Å². The van der Waals surface area contributed by atoms with Crippen LogP contribution >= 0.6 is 0 Å². The van der Waals surface area contributed by atoms with Gasteiger partial charge in [-0.15, -0.1) is 0 Å². The van der Waals surface area contributed by atoms with Gasteiger partial charge in [-0.1, -0.05) is 24.6 Å². The zero-order valence-electron chi connectivity index (χ0n) is 12.1. The molecule has 4 heteroatoms. The van der Waals surface area contributed by atoms with Crippen LogP contribution in [0.15, 0.2) is 53.6 Å². The molecule has 2 N–H and O–H groups in total. The molecule has 0 spiro atoms. The lowest BCUT2D eigenvalue weighted by Gasteiger charge is -2.06. The number of aryl methyl sites for hydroxylation is 1. The molecule has 2 rings (SSSR count). The lowest BCUT2D eigenvalue weighted by molar-refractivity contribution is 0.0955. The molecule has 0 bridgehead atoms. The number of amides is 1. The Kier molecular flexibility index (Phi) is 4.72. The summed E-state index contributed by atoms with van der Waals surface area (Å²) in [5.74, 6) is -0.0300. The summed E-state index contributed by atoms with van der Waals surface area (Å²) in [5.41, 5.74) is 5.88. The normalized spacial score (nSPS) is 11.2. The largest absolute Gasteiger partial charge is 0.508 e. The number of phenols is 1. The van der Waals surface area contributed by atoms with Crippen molar-refractivity contribution in [3.05, 3.63) is 65.2 Å². The summed E-state index contributed by atoms with van der Waals surface area (Å²) in [5, 5.41) is 13.5. The highest BCUT2D eigenvalue weighted by atomic mass is 16.3. The number of hydrogen-bond acceptors (Lipinski definition) is 3. The zero-order chi connectivity index (χ0) is 15.2. The van der Waals surface area contributed by atoms with Gasteiger partial charge in [-0.25, -0.2) is 5.43 Å². The van der Waals surface area contributed by atoms with Crippen molar-refractivity contribution in [3.8, 4) is 5.75 Å². The molecule has 2 aromatic rings. The zero-order valence-corrected chi connectivity index (χ0v) is 12.1. The van der Waals surface area contributed by atoms with Gasteiger partial charge in [-0.2, -0.15) is 5.10 Å². The van der Waals surface area contributed by atoms with Crippen LogP contribution in [-0.4, -0.2) is 16.7 Å². The third-order valence-corrected chi connectivity index (χ3v) is 3.14. The lowest BCUT2D eigenvalue weighted by Crippen LogP contribution is -2.19. The lowest BCUT2D eigenvalue weighted by atomic mass is 10.1. The Labute approximate surface area is 124 Å². The number of carbonyl (C=O) groups is 1. The molecule has 21 heavy (non-hydrogen) atoms. The van der Waals surface area contributed by atoms with Gasteiger partial charge in [-0.05, 0) is 55.3 Å². The summed E-state index contributed by atoms with van der Waals surface area (Å²) in [7, 11) is 0. The first kappa shape index (κ1) is 14.8. The van der Waals surface area contributed by atoms with Crippen molar-refractivity contribution in [1.29, 1.82) is 0 Å². The summed E-state index contributed by atoms with van der Waals surface area (Å²) >= 11 is 0. The monoisotopic (exact) mass is 282 g/mol. The van der Waals surface area contributed by atoms with Gasteiger partial charge in [0.25, 0.3) is 5.91 Å². The molecule has 0 aliphatic carbocycles. The van der Waals surface area contributed by atoms with Gasteiger partial charge in [0.1, 0.15) is 5.75 Å². The van der Waals surface area contributed by atoms with Crippen molar-refractivity contribution in [2.75, 3.05) is 0 Å². The van der Waals surface area contributed by atoms with Gasteiger partial charge in [0.2, 0.25) is 0 Å². The minimum atomic E-state index is -0.236. The molecular formula is C17H18N2O2. The average Bonchev–Trinajstić information content (AvgIpc) is 2.50. The van der Waals surface area contributed by atoms with E-state index >= 15 is 0 Å². The number of aromatic hydroxyl groups is 1. The van der Waals surface area contributed by atoms with Crippen LogP contribution in [0.1, 0.15) is 34.8 Å². The molecule has 0 fully saturated rings. The van der Waals surface area contributed by atoms with Crippen molar-refractivity contribution in [1.82, 2.24) is 5.43 Å². The summed E-state index contributed by atoms with van der Waals surface area (Å²) in [4.78, 5) is 12.0. The van der Waals surface area contributed by atoms with Crippen molar-refractivity contribution >= 4 is 11.6 Å². The fourth-order valence-electron chi connectivity index (χ4n) is 1.89. The Morgan fingerprint density at radius 3 is 2.19 bits per heavy atom. The molecule has 0 aliphatic rings. The van der Waals surface area contributed by atoms with Crippen LogP contribution in [0.2, 0.25) is 0 Å². The number of phenolic OH excluding ortho intramolecular Hbond substituents is 1. The molecule has 4 nitrogen and oxygen atoms in total. The second-order valence-electron chi connectivity index (χ2n) is 4.77. The summed E-state index contributed by atoms with van der Waals surface area (Å²) in [6, 6.07) is 14.1. The molecule has 0 heterocycles. The van der Waals surface area contributed by atoms with Gasteiger partial charge in [0, 0.05) is 5.56 Å². The highest BCUT2D eigenvalue weighted by Crippen LogP contribution is 2.12. The highest BCUT2D eigenvalue weighted by molar-refractivity contribution is 6.02. The Balaban J connectivity index is 2.12. The fourth-order valence-corrected chi connectivity index (χ4v) is 1.89. The Morgan fingerprint density at radius 2 is 1.62 bits per heavy atom. The first-order valence-electron chi connectivity index (χ1n) is 6.83. The van der Waals surface area contributed by atoms with Gasteiger partial charge in [-0.3, -0.25) is 4.79 Å². The van der Waals surface area contributed by atoms with Crippen LogP contribution in [0.5, 0.6) is 5.75 Å². The molecule has 108 valence electrons. The van der Waals surface area contributed by atoms with Crippen LogP contribution in [-0.2, 0) is 0 Å². The predicted molar refractivity (Wildman–Crippen MR) is 83.6 cm³/mol. The summed E-state index contributed by atoms with van der Waals surface area (Å²) < 4.78 is 0. The van der Waals surface area contributed by atoms with E-state index in [1.165, 1.54) is 0 Å². The number of nitrogens with zero attached hydrogens (tertiary/aromatic N) is 1. The number of rotatable bonds is 4. The molecule has 0 radical (unpaired) electrons. The first-order chi connectivity index (χ1) is 10.1. The Bertz CT molecular complexity index is 643. The number of hydrazone groups is 1. The van der Waals surface area contributed by atoms with E-state index in [1.807, 2.05) is 26.0 Å².